The average Bonchev–Trinajstić information content (AvgIpc) is 4.05. The van der Waals surface area contributed by atoms with E-state index in [2.05, 4.69) is 78.9 Å². The molecule has 15 aromatic rings. The van der Waals surface area contributed by atoms with E-state index < -0.39 is 0 Å². The number of methoxy groups -OCH3 is 1. The van der Waals surface area contributed by atoms with Gasteiger partial charge in [-0.15, -0.1) is 0 Å². The molecule has 2 spiro atoms. The molecule has 22 rings (SSSR count). The summed E-state index contributed by atoms with van der Waals surface area (Å²) in [5.74, 6) is -0.102. The molecule has 15 aromatic carbocycles. The van der Waals surface area contributed by atoms with E-state index in [4.69, 9.17) is 4.74 Å². The van der Waals surface area contributed by atoms with Crippen LogP contribution in [-0.2, 0) is 38.6 Å². The summed E-state index contributed by atoms with van der Waals surface area (Å²) in [5.41, 5.74) is 13.2. The van der Waals surface area contributed by atoms with Crippen molar-refractivity contribution in [3.05, 3.63) is 139 Å². The maximum absolute atomic E-state index is 13.2. The van der Waals surface area contributed by atoms with Crippen LogP contribution >= 0.6 is 0 Å². The van der Waals surface area contributed by atoms with Gasteiger partial charge in [0.25, 0.3) is 0 Å². The fourth-order valence-electron chi connectivity index (χ4n) is 19.4. The minimum absolute atomic E-state index is 0.102. The molecule has 0 aromatic heterocycles. The van der Waals surface area contributed by atoms with Crippen molar-refractivity contribution in [2.45, 2.75) is 48.3 Å². The van der Waals surface area contributed by atoms with Crippen LogP contribution in [0.15, 0.2) is 78.9 Å². The molecule has 1 saturated carbocycles. The molecule has 0 bridgehead atoms. The van der Waals surface area contributed by atoms with Crippen molar-refractivity contribution in [1.29, 1.82) is 0 Å². The Bertz CT molecular complexity index is 4830. The zero-order valence-electron chi connectivity index (χ0n) is 33.4. The van der Waals surface area contributed by atoms with Crippen LogP contribution in [0.2, 0.25) is 0 Å². The fraction of sp³-hybridized carbons (Fsp3) is 0.150. The number of hydrogen-bond acceptors (Lipinski definition) is 2. The molecular weight excluding hydrogens is 753 g/mol. The van der Waals surface area contributed by atoms with Crippen molar-refractivity contribution < 1.29 is 9.53 Å². The number of benzene rings is 12. The summed E-state index contributed by atoms with van der Waals surface area (Å²) < 4.78 is 5.40. The van der Waals surface area contributed by atoms with E-state index in [9.17, 15) is 4.79 Å². The Morgan fingerprint density at radius 3 is 1.48 bits per heavy atom. The minimum Gasteiger partial charge on any atom is -0.469 e. The molecule has 278 valence electrons. The van der Waals surface area contributed by atoms with Gasteiger partial charge in [-0.05, 0) is 238 Å². The smallest absolute Gasteiger partial charge is 0.305 e. The van der Waals surface area contributed by atoms with Crippen LogP contribution in [0.25, 0.3) is 140 Å². The zero-order valence-corrected chi connectivity index (χ0v) is 33.4. The predicted molar refractivity (Wildman–Crippen MR) is 251 cm³/mol. The quantitative estimate of drug-likeness (QED) is 0.0988. The van der Waals surface area contributed by atoms with Gasteiger partial charge in [0, 0.05) is 22.7 Å². The van der Waals surface area contributed by atoms with E-state index >= 15 is 0 Å². The predicted octanol–water partition coefficient (Wildman–Crippen LogP) is 13.7. The van der Waals surface area contributed by atoms with Crippen LogP contribution in [0.4, 0.5) is 0 Å². The Morgan fingerprint density at radius 1 is 0.468 bits per heavy atom. The van der Waals surface area contributed by atoms with Gasteiger partial charge in [-0.2, -0.15) is 0 Å². The first-order valence-corrected chi connectivity index (χ1v) is 23.0. The first kappa shape index (κ1) is 27.7. The molecule has 0 N–H and O–H groups in total. The third-order valence-electron chi connectivity index (χ3n) is 20.2. The van der Waals surface area contributed by atoms with Gasteiger partial charge < -0.3 is 4.74 Å². The summed E-state index contributed by atoms with van der Waals surface area (Å²) in [7, 11) is 1.56. The topological polar surface area (TPSA) is 26.3 Å². The van der Waals surface area contributed by atoms with E-state index in [1.54, 1.807) is 142 Å². The monoisotopic (exact) mass is 778 g/mol. The zero-order chi connectivity index (χ0) is 38.9. The van der Waals surface area contributed by atoms with E-state index in [-0.39, 0.29) is 22.2 Å². The maximum Gasteiger partial charge on any atom is 0.305 e. The highest BCUT2D eigenvalue weighted by molar-refractivity contribution is 6.63. The van der Waals surface area contributed by atoms with E-state index in [1.807, 2.05) is 0 Å². The van der Waals surface area contributed by atoms with Gasteiger partial charge in [0.2, 0.25) is 0 Å². The van der Waals surface area contributed by atoms with E-state index in [0.29, 0.717) is 6.42 Å². The molecule has 0 heterocycles. The summed E-state index contributed by atoms with van der Waals surface area (Å²) >= 11 is 0. The number of rotatable bonds is 5. The van der Waals surface area contributed by atoms with Crippen LogP contribution in [0, 0.1) is 10.4 Å². The average molecular weight is 779 g/mol. The van der Waals surface area contributed by atoms with Gasteiger partial charge in [0.05, 0.1) is 7.11 Å². The lowest BCUT2D eigenvalue weighted by atomic mass is 9.68. The van der Waals surface area contributed by atoms with Crippen molar-refractivity contribution in [2.24, 2.45) is 0 Å². The van der Waals surface area contributed by atoms with E-state index in [0.717, 1.165) is 25.7 Å². The van der Waals surface area contributed by atoms with Crippen molar-refractivity contribution in [2.75, 3.05) is 7.11 Å². The van der Waals surface area contributed by atoms with Gasteiger partial charge in [0.15, 0.2) is 0 Å². The van der Waals surface area contributed by atoms with E-state index in [1.165, 1.54) is 65.2 Å². The highest BCUT2D eigenvalue weighted by Crippen LogP contribution is 2.94. The minimum atomic E-state index is -0.317. The Morgan fingerprint density at radius 2 is 0.935 bits per heavy atom. The normalized spacial score (nSPS) is 23.6. The number of carbonyl (C=O) groups is 1. The Hall–Kier alpha value is -7.03. The molecule has 0 amide bonds. The summed E-state index contributed by atoms with van der Waals surface area (Å²) in [6.45, 7) is 0. The second kappa shape index (κ2) is 7.31. The fourth-order valence-corrected chi connectivity index (χ4v) is 19.4. The molecule has 1 unspecified atom stereocenters. The summed E-state index contributed by atoms with van der Waals surface area (Å²) in [6.07, 6.45) is 4.16. The molecule has 62 heavy (non-hydrogen) atoms. The van der Waals surface area contributed by atoms with Gasteiger partial charge in [-0.25, -0.2) is 0 Å². The van der Waals surface area contributed by atoms with Crippen LogP contribution in [0.5, 0.6) is 0 Å². The number of ether oxygens (including phenoxy) is 1. The third-order valence-corrected chi connectivity index (χ3v) is 20.2. The number of hydrogen-bond donors (Lipinski definition) is 0. The molecule has 2 heteroatoms. The molecule has 7 aliphatic carbocycles. The highest BCUT2D eigenvalue weighted by atomic mass is 16.5. The maximum atomic E-state index is 13.2. The summed E-state index contributed by atoms with van der Waals surface area (Å²) in [4.78, 5) is 13.2. The molecular formula is C60H26O2. The first-order valence-electron chi connectivity index (χ1n) is 23.0. The highest BCUT2D eigenvalue weighted by Gasteiger charge is 2.93. The number of carbonyl (C=O) groups excluding carboxylic acids is 1. The van der Waals surface area contributed by atoms with Crippen LogP contribution < -0.4 is 0 Å². The Labute approximate surface area is 348 Å². The third kappa shape index (κ3) is 1.89. The number of fused-ring (bicyclic) bond motifs is 2. The van der Waals surface area contributed by atoms with Gasteiger partial charge in [0.1, 0.15) is 0 Å². The molecule has 2 nitrogen and oxygen atoms in total. The lowest BCUT2D eigenvalue weighted by molar-refractivity contribution is -0.140. The lowest BCUT2D eigenvalue weighted by Gasteiger charge is -2.32. The van der Waals surface area contributed by atoms with Gasteiger partial charge >= 0.3 is 5.97 Å². The van der Waals surface area contributed by atoms with Crippen molar-refractivity contribution >= 4 is 146 Å². The Kier molecular flexibility index (Phi) is 3.27. The second-order valence-electron chi connectivity index (χ2n) is 21.2. The molecule has 0 aliphatic heterocycles. The standard InChI is InChI=1S/C60H26O2/c1-62-32(61)8-5-13-58(25-6-3-2-4-7-25)59-54-28-11-9-26-30-18-23-16-20-14-22-15-21-17-24-19-31-27-10-12-29(28)55(59)41(27)51-39(31)45-36(24)34(21)43-37(22)42-33(20)35(23)44-38(30)50(40(26)54)56-52-48(44)46(42)47(43)49(45)53(52)57(51)60(56,58)59/h2-4,6-7,9-12,14-15,18-19H,5,8,13,16-17H2,1H3. The molecule has 7 aliphatic rings. The van der Waals surface area contributed by atoms with Gasteiger partial charge in [-0.3, -0.25) is 4.79 Å². The summed E-state index contributed by atoms with van der Waals surface area (Å²) in [5, 5.41) is 43.1. The lowest BCUT2D eigenvalue weighted by Crippen LogP contribution is -2.27. The molecule has 1 fully saturated rings. The SMILES string of the molecule is COC(=O)CCCC1(c2ccccc2)C23c4c5ccc6c7cc8c9c%10c(cc%11cc%12c%13c%14c(cc%15c%16ccc=5c2c%16c2c5c%16c%17c(c(c46)c7c9c%17c4c%10c%11c%13c4c%16c%14c%152)C513)C%12)C8. The molecule has 0 saturated heterocycles. The second-order valence-corrected chi connectivity index (χ2v) is 21.2. The van der Waals surface area contributed by atoms with Crippen molar-refractivity contribution in [1.82, 2.24) is 0 Å². The summed E-state index contributed by atoms with van der Waals surface area (Å²) in [6, 6.07) is 32.6. The van der Waals surface area contributed by atoms with Crippen LogP contribution in [-0.4, -0.2) is 13.1 Å². The Balaban J connectivity index is 1.18. The van der Waals surface area contributed by atoms with Crippen molar-refractivity contribution in [3.63, 3.8) is 0 Å². The first-order chi connectivity index (χ1) is 30.7. The van der Waals surface area contributed by atoms with Crippen LogP contribution in [0.3, 0.4) is 0 Å². The van der Waals surface area contributed by atoms with Crippen molar-refractivity contribution in [3.8, 4) is 0 Å². The molecule has 1 atom stereocenters. The molecule has 0 radical (unpaired) electrons. The van der Waals surface area contributed by atoms with Crippen LogP contribution in [0.1, 0.15) is 69.3 Å². The van der Waals surface area contributed by atoms with Gasteiger partial charge in [-0.1, -0.05) is 66.7 Å². The largest absolute Gasteiger partial charge is 0.469 e. The number of esters is 1.